The summed E-state index contributed by atoms with van der Waals surface area (Å²) in [6, 6.07) is 5.55. The zero-order valence-corrected chi connectivity index (χ0v) is 8.51. The van der Waals surface area contributed by atoms with Gasteiger partial charge in [-0.1, -0.05) is 17.7 Å². The van der Waals surface area contributed by atoms with E-state index >= 15 is 0 Å². The Morgan fingerprint density at radius 1 is 1.40 bits per heavy atom. The zero-order chi connectivity index (χ0) is 10.8. The Balaban J connectivity index is 2.57. The van der Waals surface area contributed by atoms with Crippen LogP contribution in [0.25, 0.3) is 11.4 Å². The monoisotopic (exact) mass is 202 g/mol. The van der Waals surface area contributed by atoms with Crippen LogP contribution in [0.5, 0.6) is 0 Å². The summed E-state index contributed by atoms with van der Waals surface area (Å²) in [5.41, 5.74) is 2.33. The van der Waals surface area contributed by atoms with Crippen molar-refractivity contribution in [2.24, 2.45) is 7.05 Å². The molecule has 5 nitrogen and oxygen atoms in total. The second kappa shape index (κ2) is 3.61. The third-order valence-electron chi connectivity index (χ3n) is 2.08. The first-order chi connectivity index (χ1) is 7.20. The van der Waals surface area contributed by atoms with Crippen LogP contribution < -0.4 is 0 Å². The van der Waals surface area contributed by atoms with Crippen LogP contribution in [0.2, 0.25) is 0 Å². The van der Waals surface area contributed by atoms with Crippen molar-refractivity contribution >= 4 is 6.29 Å². The topological polar surface area (TPSA) is 60.7 Å². The van der Waals surface area contributed by atoms with E-state index in [0.29, 0.717) is 17.0 Å². The molecule has 76 valence electrons. The van der Waals surface area contributed by atoms with Gasteiger partial charge in [-0.05, 0) is 18.2 Å². The Bertz CT molecular complexity index is 504. The minimum Gasteiger partial charge on any atom is -0.298 e. The summed E-state index contributed by atoms with van der Waals surface area (Å²) in [4.78, 5) is 12.2. The summed E-state index contributed by atoms with van der Waals surface area (Å²) in [5, 5.41) is 11.7. The fraction of sp³-hybridized carbons (Fsp3) is 0.200. The minimum absolute atomic E-state index is 0.472. The number of benzene rings is 1. The van der Waals surface area contributed by atoms with Crippen LogP contribution in [0, 0.1) is 6.92 Å². The van der Waals surface area contributed by atoms with E-state index in [1.165, 1.54) is 4.80 Å². The second-order valence-corrected chi connectivity index (χ2v) is 3.31. The molecule has 1 aromatic heterocycles. The SMILES string of the molecule is Cc1ccc(-c2nnn(C)n2)c(C=O)c1. The van der Waals surface area contributed by atoms with Crippen LogP contribution in [-0.4, -0.2) is 26.5 Å². The number of tetrazole rings is 1. The van der Waals surface area contributed by atoms with E-state index in [0.717, 1.165) is 11.8 Å². The molecule has 2 rings (SSSR count). The molecule has 1 heterocycles. The Kier molecular flexibility index (Phi) is 2.29. The van der Waals surface area contributed by atoms with Gasteiger partial charge >= 0.3 is 0 Å². The maximum atomic E-state index is 10.9. The molecule has 0 bridgehead atoms. The third-order valence-corrected chi connectivity index (χ3v) is 2.08. The van der Waals surface area contributed by atoms with Crippen LogP contribution in [0.4, 0.5) is 0 Å². The largest absolute Gasteiger partial charge is 0.298 e. The van der Waals surface area contributed by atoms with Crippen molar-refractivity contribution in [1.29, 1.82) is 0 Å². The summed E-state index contributed by atoms with van der Waals surface area (Å²) in [6.07, 6.45) is 0.804. The summed E-state index contributed by atoms with van der Waals surface area (Å²) in [5.74, 6) is 0.472. The molecule has 0 aliphatic carbocycles. The van der Waals surface area contributed by atoms with E-state index in [9.17, 15) is 4.79 Å². The van der Waals surface area contributed by atoms with E-state index in [2.05, 4.69) is 15.4 Å². The van der Waals surface area contributed by atoms with E-state index in [-0.39, 0.29) is 0 Å². The van der Waals surface area contributed by atoms with Crippen molar-refractivity contribution < 1.29 is 4.79 Å². The van der Waals surface area contributed by atoms with Gasteiger partial charge in [-0.25, -0.2) is 0 Å². The molecular formula is C10H10N4O. The normalized spacial score (nSPS) is 10.3. The van der Waals surface area contributed by atoms with Crippen LogP contribution in [0.3, 0.4) is 0 Å². The van der Waals surface area contributed by atoms with Gasteiger partial charge in [0.15, 0.2) is 6.29 Å². The first kappa shape index (κ1) is 9.51. The van der Waals surface area contributed by atoms with Gasteiger partial charge in [-0.3, -0.25) is 4.79 Å². The molecule has 0 atom stereocenters. The zero-order valence-electron chi connectivity index (χ0n) is 8.51. The van der Waals surface area contributed by atoms with Crippen molar-refractivity contribution in [3.8, 4) is 11.4 Å². The third kappa shape index (κ3) is 1.76. The Morgan fingerprint density at radius 2 is 2.20 bits per heavy atom. The van der Waals surface area contributed by atoms with Crippen LogP contribution in [0.1, 0.15) is 15.9 Å². The van der Waals surface area contributed by atoms with Gasteiger partial charge in [0.2, 0.25) is 5.82 Å². The lowest BCUT2D eigenvalue weighted by Gasteiger charge is -2.00. The van der Waals surface area contributed by atoms with Crippen molar-refractivity contribution in [2.75, 3.05) is 0 Å². The Hall–Kier alpha value is -2.04. The molecule has 0 aliphatic rings. The van der Waals surface area contributed by atoms with Gasteiger partial charge in [-0.15, -0.1) is 10.2 Å². The lowest BCUT2D eigenvalue weighted by molar-refractivity contribution is 0.112. The molecule has 0 radical (unpaired) electrons. The average molecular weight is 202 g/mol. The smallest absolute Gasteiger partial charge is 0.205 e. The number of aldehydes is 1. The number of aromatic nitrogens is 4. The number of aryl methyl sites for hydroxylation is 2. The predicted molar refractivity (Wildman–Crippen MR) is 54.4 cm³/mol. The van der Waals surface area contributed by atoms with Crippen LogP contribution >= 0.6 is 0 Å². The number of carbonyl (C=O) groups is 1. The standard InChI is InChI=1S/C10H10N4O/c1-7-3-4-9(8(5-7)6-15)10-11-13-14(2)12-10/h3-6H,1-2H3. The summed E-state index contributed by atoms with van der Waals surface area (Å²) < 4.78 is 0. The summed E-state index contributed by atoms with van der Waals surface area (Å²) >= 11 is 0. The average Bonchev–Trinajstić information content (AvgIpc) is 2.64. The first-order valence-electron chi connectivity index (χ1n) is 4.51. The highest BCUT2D eigenvalue weighted by Crippen LogP contribution is 2.19. The first-order valence-corrected chi connectivity index (χ1v) is 4.51. The summed E-state index contributed by atoms with van der Waals surface area (Å²) in [6.45, 7) is 1.93. The fourth-order valence-electron chi connectivity index (χ4n) is 1.38. The van der Waals surface area contributed by atoms with Gasteiger partial charge < -0.3 is 0 Å². The fourth-order valence-corrected chi connectivity index (χ4v) is 1.38. The number of rotatable bonds is 2. The van der Waals surface area contributed by atoms with E-state index in [1.807, 2.05) is 19.1 Å². The highest BCUT2D eigenvalue weighted by atomic mass is 16.1. The van der Waals surface area contributed by atoms with Gasteiger partial charge in [0, 0.05) is 11.1 Å². The lowest BCUT2D eigenvalue weighted by atomic mass is 10.1. The highest BCUT2D eigenvalue weighted by molar-refractivity contribution is 5.85. The van der Waals surface area contributed by atoms with Gasteiger partial charge in [0.25, 0.3) is 0 Å². The number of carbonyl (C=O) groups excluding carboxylic acids is 1. The van der Waals surface area contributed by atoms with Crippen LogP contribution in [-0.2, 0) is 7.05 Å². The molecular weight excluding hydrogens is 192 g/mol. The van der Waals surface area contributed by atoms with Crippen molar-refractivity contribution in [1.82, 2.24) is 20.2 Å². The molecule has 0 aliphatic heterocycles. The maximum absolute atomic E-state index is 10.9. The molecule has 0 unspecified atom stereocenters. The molecule has 1 aromatic carbocycles. The predicted octanol–water partition coefficient (Wildman–Crippen LogP) is 0.998. The Labute approximate surface area is 86.7 Å². The quantitative estimate of drug-likeness (QED) is 0.681. The maximum Gasteiger partial charge on any atom is 0.205 e. The van der Waals surface area contributed by atoms with Gasteiger partial charge in [0.1, 0.15) is 0 Å². The molecule has 0 saturated carbocycles. The van der Waals surface area contributed by atoms with E-state index in [1.54, 1.807) is 13.1 Å². The van der Waals surface area contributed by atoms with Crippen molar-refractivity contribution in [3.63, 3.8) is 0 Å². The molecule has 15 heavy (non-hydrogen) atoms. The van der Waals surface area contributed by atoms with Crippen molar-refractivity contribution in [3.05, 3.63) is 29.3 Å². The molecule has 0 spiro atoms. The minimum atomic E-state index is 0.472. The molecule has 0 amide bonds. The Morgan fingerprint density at radius 3 is 2.80 bits per heavy atom. The van der Waals surface area contributed by atoms with Crippen molar-refractivity contribution in [2.45, 2.75) is 6.92 Å². The van der Waals surface area contributed by atoms with Gasteiger partial charge in [-0.2, -0.15) is 4.80 Å². The number of hydrogen-bond donors (Lipinski definition) is 0. The molecule has 0 fully saturated rings. The summed E-state index contributed by atoms with van der Waals surface area (Å²) in [7, 11) is 1.69. The molecule has 2 aromatic rings. The number of nitrogens with zero attached hydrogens (tertiary/aromatic N) is 4. The van der Waals surface area contributed by atoms with Gasteiger partial charge in [0.05, 0.1) is 7.05 Å². The highest BCUT2D eigenvalue weighted by Gasteiger charge is 2.09. The van der Waals surface area contributed by atoms with E-state index < -0.39 is 0 Å². The lowest BCUT2D eigenvalue weighted by Crippen LogP contribution is -1.93. The molecule has 0 saturated heterocycles. The van der Waals surface area contributed by atoms with E-state index in [4.69, 9.17) is 0 Å². The second-order valence-electron chi connectivity index (χ2n) is 3.31. The van der Waals surface area contributed by atoms with Crippen LogP contribution in [0.15, 0.2) is 18.2 Å². The molecule has 0 N–H and O–H groups in total. The number of hydrogen-bond acceptors (Lipinski definition) is 4. The molecule has 5 heteroatoms.